The lowest BCUT2D eigenvalue weighted by Gasteiger charge is -2.17. The van der Waals surface area contributed by atoms with Gasteiger partial charge in [-0.05, 0) is 114 Å². The first-order chi connectivity index (χ1) is 25.1. The predicted molar refractivity (Wildman–Crippen MR) is 197 cm³/mol. The highest BCUT2D eigenvalue weighted by Gasteiger charge is 2.50. The molecule has 6 rings (SSSR count). The molecule has 4 aromatic rings. The van der Waals surface area contributed by atoms with Crippen LogP contribution in [-0.4, -0.2) is 78.7 Å². The molecule has 2 N–H and O–H groups in total. The summed E-state index contributed by atoms with van der Waals surface area (Å²) >= 11 is 0. The molecule has 4 aromatic carbocycles. The van der Waals surface area contributed by atoms with Crippen LogP contribution in [0.4, 0.5) is 0 Å². The highest BCUT2D eigenvalue weighted by Crippen LogP contribution is 2.31. The summed E-state index contributed by atoms with van der Waals surface area (Å²) in [4.78, 5) is 24.1. The van der Waals surface area contributed by atoms with Gasteiger partial charge < -0.3 is 24.4 Å². The summed E-state index contributed by atoms with van der Waals surface area (Å²) in [6.07, 6.45) is 4.54. The number of benzene rings is 4. The maximum absolute atomic E-state index is 12.9. The van der Waals surface area contributed by atoms with Crippen molar-refractivity contribution in [2.24, 2.45) is 20.4 Å². The molecule has 0 saturated carbocycles. The van der Waals surface area contributed by atoms with Gasteiger partial charge in [-0.1, -0.05) is 36.4 Å². The molecule has 52 heavy (non-hydrogen) atoms. The molecule has 2 saturated heterocycles. The van der Waals surface area contributed by atoms with Gasteiger partial charge in [0.25, 0.3) is 0 Å². The third-order valence-corrected chi connectivity index (χ3v) is 8.75. The van der Waals surface area contributed by atoms with Crippen molar-refractivity contribution in [3.8, 4) is 11.5 Å². The van der Waals surface area contributed by atoms with Crippen molar-refractivity contribution < 1.29 is 39.0 Å². The van der Waals surface area contributed by atoms with Gasteiger partial charge in [-0.15, -0.1) is 0 Å². The molecule has 0 aliphatic carbocycles. The van der Waals surface area contributed by atoms with Crippen LogP contribution in [0.5, 0.6) is 11.5 Å². The van der Waals surface area contributed by atoms with Crippen molar-refractivity contribution in [1.82, 2.24) is 0 Å². The van der Waals surface area contributed by atoms with E-state index in [-0.39, 0.29) is 25.6 Å². The highest BCUT2D eigenvalue weighted by molar-refractivity contribution is 5.91. The Morgan fingerprint density at radius 3 is 1.58 bits per heavy atom. The summed E-state index contributed by atoms with van der Waals surface area (Å²) in [6.45, 7) is 7.99. The number of nitrogens with zero attached hydrogens (tertiary/aromatic N) is 4. The molecule has 2 aliphatic heterocycles. The summed E-state index contributed by atoms with van der Waals surface area (Å²) in [6, 6.07) is 21.8. The number of rotatable bonds is 12. The number of hydrogen-bond acceptors (Lipinski definition) is 12. The summed E-state index contributed by atoms with van der Waals surface area (Å²) in [5, 5.41) is 36.2. The van der Waals surface area contributed by atoms with E-state index in [1.54, 1.807) is 49.1 Å². The first kappa shape index (κ1) is 36.3. The van der Waals surface area contributed by atoms with Crippen LogP contribution < -0.4 is 0 Å². The number of aryl methyl sites for hydroxylation is 4. The Morgan fingerprint density at radius 2 is 1.08 bits per heavy atom. The van der Waals surface area contributed by atoms with Gasteiger partial charge in [0.2, 0.25) is 0 Å². The number of ether oxygens (including phenoxy) is 3. The summed E-state index contributed by atoms with van der Waals surface area (Å²) in [7, 11) is 0. The molecule has 4 atom stereocenters. The van der Waals surface area contributed by atoms with E-state index in [1.807, 2.05) is 76.2 Å². The second-order valence-corrected chi connectivity index (χ2v) is 12.8. The third kappa shape index (κ3) is 9.03. The fourth-order valence-electron chi connectivity index (χ4n) is 5.94. The van der Waals surface area contributed by atoms with Crippen LogP contribution in [0.3, 0.4) is 0 Å². The van der Waals surface area contributed by atoms with Gasteiger partial charge in [-0.2, -0.15) is 20.4 Å². The van der Waals surface area contributed by atoms with E-state index < -0.39 is 30.4 Å². The molecule has 12 heteroatoms. The smallest absolute Gasteiger partial charge is 0.338 e. The largest absolute Gasteiger partial charge is 0.507 e. The summed E-state index contributed by atoms with van der Waals surface area (Å²) < 4.78 is 17.5. The van der Waals surface area contributed by atoms with E-state index in [9.17, 15) is 15.0 Å². The maximum atomic E-state index is 12.9. The zero-order valence-corrected chi connectivity index (χ0v) is 29.3. The van der Waals surface area contributed by atoms with Gasteiger partial charge >= 0.3 is 5.97 Å². The Labute approximate surface area is 301 Å². The Kier molecular flexibility index (Phi) is 11.6. The molecule has 0 amide bonds. The number of esters is 1. The molecule has 2 fully saturated rings. The minimum Gasteiger partial charge on any atom is -0.507 e. The van der Waals surface area contributed by atoms with Crippen molar-refractivity contribution >= 4 is 30.8 Å². The van der Waals surface area contributed by atoms with Gasteiger partial charge in [-0.25, -0.2) is 14.6 Å². The minimum atomic E-state index is -0.582. The molecular weight excluding hydrogens is 664 g/mol. The second kappa shape index (κ2) is 16.7. The molecule has 0 aromatic heterocycles. The molecule has 0 spiro atoms. The fraction of sp³-hybridized carbons (Fsp3) is 0.275. The van der Waals surface area contributed by atoms with Crippen LogP contribution in [0.25, 0.3) is 0 Å². The quantitative estimate of drug-likeness (QED) is 0.0780. The average molecular weight is 705 g/mol. The monoisotopic (exact) mass is 704 g/mol. The van der Waals surface area contributed by atoms with Crippen molar-refractivity contribution in [2.75, 3.05) is 13.2 Å². The molecular formula is C40H40N4O8. The molecule has 3 unspecified atom stereocenters. The lowest BCUT2D eigenvalue weighted by atomic mass is 10.1. The Hall–Kier alpha value is -5.53. The van der Waals surface area contributed by atoms with Crippen molar-refractivity contribution in [1.29, 1.82) is 0 Å². The van der Waals surface area contributed by atoms with Crippen LogP contribution >= 0.6 is 0 Å². The van der Waals surface area contributed by atoms with Crippen LogP contribution in [0.15, 0.2) is 93.2 Å². The SMILES string of the molecule is Cc1cc(/C=N/N=C/c2ccc(COO[C@@H]3COC4C(OC(=O)c5ccc(/C=N/N=C/c6cc(C)c(O)c(C)c6)cc5)COC43)cc2)cc(C)c1O. The number of carbonyl (C=O) groups is 1. The van der Waals surface area contributed by atoms with E-state index in [0.29, 0.717) is 11.3 Å². The van der Waals surface area contributed by atoms with E-state index >= 15 is 0 Å². The summed E-state index contributed by atoms with van der Waals surface area (Å²) in [5.41, 5.74) is 7.73. The average Bonchev–Trinajstić information content (AvgIpc) is 3.73. The van der Waals surface area contributed by atoms with E-state index in [2.05, 4.69) is 20.4 Å². The predicted octanol–water partition coefficient (Wildman–Crippen LogP) is 6.08. The standard InChI is InChI=1S/C40H40N4O8/c1-24-13-31(14-25(2)36(24)45)19-43-41-17-28-5-7-30(8-6-28)21-50-52-35-23-49-38-34(22-48-39(35)38)51-40(47)33-11-9-29(10-12-33)18-42-44-20-32-15-26(3)37(46)27(4)16-32/h5-20,34-35,38-39,45-46H,21-23H2,1-4H3/b41-17+,42-18+,43-19+,44-20+/t34?,35-,38?,39?/m1/s1. The normalized spacial score (nSPS) is 20.2. The minimum absolute atomic E-state index is 0.186. The van der Waals surface area contributed by atoms with Crippen molar-refractivity contribution in [2.45, 2.75) is 58.7 Å². The topological polar surface area (TPSA) is 153 Å². The Morgan fingerprint density at radius 1 is 0.654 bits per heavy atom. The molecule has 0 bridgehead atoms. The molecule has 2 aliphatic rings. The summed E-state index contributed by atoms with van der Waals surface area (Å²) in [5.74, 6) is 0.0809. The lowest BCUT2D eigenvalue weighted by molar-refractivity contribution is -0.341. The zero-order valence-electron chi connectivity index (χ0n) is 29.3. The molecule has 0 radical (unpaired) electrons. The number of hydrogen-bond donors (Lipinski definition) is 2. The molecule has 2 heterocycles. The first-order valence-electron chi connectivity index (χ1n) is 16.8. The van der Waals surface area contributed by atoms with Gasteiger partial charge in [0.05, 0.1) is 43.6 Å². The zero-order chi connectivity index (χ0) is 36.6. The fourth-order valence-corrected chi connectivity index (χ4v) is 5.94. The van der Waals surface area contributed by atoms with Crippen LogP contribution in [0.2, 0.25) is 0 Å². The third-order valence-electron chi connectivity index (χ3n) is 8.75. The number of fused-ring (bicyclic) bond motifs is 1. The maximum Gasteiger partial charge on any atom is 0.338 e. The van der Waals surface area contributed by atoms with Crippen molar-refractivity contribution in [3.05, 3.63) is 128 Å². The van der Waals surface area contributed by atoms with Crippen LogP contribution in [0.1, 0.15) is 60.4 Å². The van der Waals surface area contributed by atoms with E-state index in [1.165, 1.54) is 0 Å². The lowest BCUT2D eigenvalue weighted by Crippen LogP contribution is -2.35. The number of phenolic OH excluding ortho intramolecular Hbond substituents is 2. The van der Waals surface area contributed by atoms with E-state index in [0.717, 1.165) is 50.1 Å². The number of aromatic hydroxyl groups is 2. The highest BCUT2D eigenvalue weighted by atomic mass is 17.2. The van der Waals surface area contributed by atoms with Gasteiger partial charge in [0.15, 0.2) is 6.10 Å². The second-order valence-electron chi connectivity index (χ2n) is 12.8. The Bertz CT molecular complexity index is 1960. The van der Waals surface area contributed by atoms with Crippen LogP contribution in [-0.2, 0) is 30.6 Å². The van der Waals surface area contributed by atoms with Crippen LogP contribution in [0, 0.1) is 27.7 Å². The molecule has 268 valence electrons. The number of carbonyl (C=O) groups excluding carboxylic acids is 1. The van der Waals surface area contributed by atoms with Gasteiger partial charge in [-0.3, -0.25) is 0 Å². The van der Waals surface area contributed by atoms with Crippen molar-refractivity contribution in [3.63, 3.8) is 0 Å². The molecule has 12 nitrogen and oxygen atoms in total. The Balaban J connectivity index is 0.918. The van der Waals surface area contributed by atoms with Gasteiger partial charge in [0, 0.05) is 0 Å². The van der Waals surface area contributed by atoms with Gasteiger partial charge in [0.1, 0.15) is 36.4 Å². The number of phenols is 2. The first-order valence-corrected chi connectivity index (χ1v) is 16.8. The van der Waals surface area contributed by atoms with E-state index in [4.69, 9.17) is 24.0 Å².